The molecule has 4 fully saturated rings. The highest BCUT2D eigenvalue weighted by Crippen LogP contribution is 2.38. The van der Waals surface area contributed by atoms with Crippen LogP contribution in [0.25, 0.3) is 44.1 Å². The van der Waals surface area contributed by atoms with E-state index in [4.69, 9.17) is 7.10 Å². The van der Waals surface area contributed by atoms with Gasteiger partial charge in [0, 0.05) is 117 Å². The van der Waals surface area contributed by atoms with Crippen molar-refractivity contribution in [3.8, 4) is 22.3 Å². The quantitative estimate of drug-likeness (QED) is 0.0223. The maximum absolute atomic E-state index is 13.7. The number of nitrogens with zero attached hydrogens (tertiary/aromatic N) is 6. The van der Waals surface area contributed by atoms with E-state index in [1.807, 2.05) is 146 Å². The van der Waals surface area contributed by atoms with Gasteiger partial charge in [-0.25, -0.2) is 4.39 Å². The molecule has 2 aromatic heterocycles. The second kappa shape index (κ2) is 39.2. The molecule has 16 rings (SSSR count). The van der Waals surface area contributed by atoms with Crippen LogP contribution in [0.1, 0.15) is 148 Å². The molecular weight excluding hydrogens is 1550 g/mol. The van der Waals surface area contributed by atoms with Gasteiger partial charge in [0.05, 0.1) is 64.3 Å². The zero-order valence-electron chi connectivity index (χ0n) is 67.6. The number of pyridine rings is 2. The molecule has 0 saturated carbocycles. The average Bonchev–Trinajstić information content (AvgIpc) is 1.56. The Hall–Kier alpha value is -13.8. The highest BCUT2D eigenvalue weighted by atomic mass is 19.1. The van der Waals surface area contributed by atoms with E-state index in [0.29, 0.717) is 58.4 Å². The first-order valence-corrected chi connectivity index (χ1v) is 40.0. The third kappa shape index (κ3) is 19.6. The number of rotatable bonds is 22. The number of aromatic nitrogens is 2. The largest absolute Gasteiger partial charge is 0.382 e. The number of carbonyl (C=O) groups excluding carboxylic acids is 12. The van der Waals surface area contributed by atoms with Crippen molar-refractivity contribution in [3.05, 3.63) is 245 Å². The highest BCUT2D eigenvalue weighted by Gasteiger charge is 2.48. The lowest BCUT2D eigenvalue weighted by Crippen LogP contribution is -2.54. The summed E-state index contributed by atoms with van der Waals surface area (Å²) in [5.41, 5.74) is 17.2. The van der Waals surface area contributed by atoms with Gasteiger partial charge in [0.2, 0.25) is 23.6 Å². The van der Waals surface area contributed by atoms with E-state index in [0.717, 1.165) is 149 Å². The molecule has 0 radical (unpaired) electrons. The molecule has 6 aliphatic heterocycles. The third-order valence-corrected chi connectivity index (χ3v) is 22.1. The number of imide groups is 4. The van der Waals surface area contributed by atoms with Gasteiger partial charge in [-0.15, -0.1) is 0 Å². The summed E-state index contributed by atoms with van der Waals surface area (Å²) in [4.78, 5) is 165. The summed E-state index contributed by atoms with van der Waals surface area (Å²) in [7, 11) is 2.20. The molecule has 0 spiro atoms. The van der Waals surface area contributed by atoms with Gasteiger partial charge in [0.15, 0.2) is 0 Å². The smallest absolute Gasteiger partial charge is 0.265 e. The lowest BCUT2D eigenvalue weighted by molar-refractivity contribution is -0.137. The number of anilines is 5. The van der Waals surface area contributed by atoms with E-state index in [2.05, 4.69) is 67.6 Å². The van der Waals surface area contributed by atoms with Crippen molar-refractivity contribution in [2.75, 3.05) is 89.6 Å². The van der Waals surface area contributed by atoms with Crippen molar-refractivity contribution in [1.82, 2.24) is 61.5 Å². The number of piperidine rings is 4. The molecule has 6 aliphatic rings. The fourth-order valence-corrected chi connectivity index (χ4v) is 15.6. The second-order valence-corrected chi connectivity index (χ2v) is 29.8. The Morgan fingerprint density at radius 2 is 0.901 bits per heavy atom. The lowest BCUT2D eigenvalue weighted by Gasteiger charge is -2.33. The minimum atomic E-state index is -1.07. The molecule has 8 heterocycles. The number of fused-ring (bicyclic) bond motifs is 4. The van der Waals surface area contributed by atoms with E-state index >= 15 is 0 Å². The number of carbonyl (C=O) groups is 12. The number of nitrogens with two attached hydrogens (primary N) is 1. The van der Waals surface area contributed by atoms with E-state index < -0.39 is 72.3 Å². The Morgan fingerprint density at radius 1 is 0.488 bits per heavy atom. The summed E-state index contributed by atoms with van der Waals surface area (Å²) in [5, 5.41) is 27.7. The first-order chi connectivity index (χ1) is 59.1. The van der Waals surface area contributed by atoms with Crippen LogP contribution < -0.4 is 53.6 Å². The van der Waals surface area contributed by atoms with Gasteiger partial charge in [0.25, 0.3) is 47.3 Å². The molecular formula is C91H92F2N16O12. The fraction of sp³-hybridized carbons (Fsp3) is 0.275. The van der Waals surface area contributed by atoms with Gasteiger partial charge in [-0.05, 0) is 197 Å². The van der Waals surface area contributed by atoms with Crippen LogP contribution in [0.5, 0.6) is 0 Å². The van der Waals surface area contributed by atoms with E-state index in [-0.39, 0.29) is 77.6 Å². The maximum Gasteiger partial charge on any atom is 0.265 e. The fourth-order valence-electron chi connectivity index (χ4n) is 15.6. The van der Waals surface area contributed by atoms with E-state index in [1.165, 1.54) is 12.1 Å². The Kier molecular flexibility index (Phi) is 27.1. The Morgan fingerprint density at radius 3 is 1.33 bits per heavy atom. The zero-order chi connectivity index (χ0) is 86.1. The van der Waals surface area contributed by atoms with Crippen LogP contribution in [0.2, 0.25) is 0 Å². The molecule has 2 atom stereocenters. The monoisotopic (exact) mass is 1640 g/mol. The molecule has 28 nitrogen and oxygen atoms in total. The number of hydrogen-bond acceptors (Lipinski definition) is 20. The van der Waals surface area contributed by atoms with Crippen LogP contribution in [-0.4, -0.2) is 198 Å². The standard InChI is InChI=1S/C45H44N8O6.C32H36N6O2.C13H9FN2O4.CH3F/c1-46-42(56)34-26-48-35-16-15-29(25-33(35)40(34)50-30-7-3-2-4-8-30)27-11-13-28(14-12-27)41(55)47-21-6-22-52-23-19-31(20-24-52)49-36-10-5-9-32-39(36)45(59)53(44(32)58)37-17-18-38(54)51-43(37)57;1-34-32(40)28-21-36-29-13-12-24(20-27(29)30(28)37-26-6-3-2-4-7-26)22-8-10-23(11-9-22)31(39)35-16-5-17-38-18-14-25(33)15-19-38;14-7-3-1-2-6-10(7)13(20)16(12(6)19)8-4-5-9(17)15-11(8)18;1-2/h2-5,7-16,25-26,31,37,49H,6,17-24H2,1H3,(H,46,56)(H,47,55)(H,48,50)(H,51,54,57);2-4,6-13,20-21,25H,5,14-19,33H2,1H3,(H,34,40)(H,35,39)(H,36,37);1-3,8H,4-5H2,(H,15,17,18);1H3/i;;;1D. The van der Waals surface area contributed by atoms with E-state index in [1.54, 1.807) is 44.7 Å². The predicted molar refractivity (Wildman–Crippen MR) is 454 cm³/mol. The van der Waals surface area contributed by atoms with Crippen LogP contribution in [-0.2, 0) is 19.2 Å². The third-order valence-electron chi connectivity index (χ3n) is 22.1. The van der Waals surface area contributed by atoms with Crippen molar-refractivity contribution in [1.29, 1.82) is 0 Å². The lowest BCUT2D eigenvalue weighted by atomic mass is 9.99. The molecule has 12 amide bonds. The number of nitrogens with one attached hydrogen (secondary N) is 9. The normalized spacial score (nSPS) is 16.8. The summed E-state index contributed by atoms with van der Waals surface area (Å²) in [6, 6.07) is 53.6. The zero-order valence-corrected chi connectivity index (χ0v) is 66.6. The molecule has 10 aromatic rings. The number of hydrogen-bond donors (Lipinski definition) is 10. The van der Waals surface area contributed by atoms with Crippen molar-refractivity contribution < 1.29 is 67.7 Å². The number of amides is 12. The number of likely N-dealkylation sites (tertiary alicyclic amines) is 2. The molecule has 121 heavy (non-hydrogen) atoms. The van der Waals surface area contributed by atoms with Crippen LogP contribution in [0.4, 0.5) is 37.2 Å². The summed E-state index contributed by atoms with van der Waals surface area (Å²) in [6.45, 7) is 6.71. The van der Waals surface area contributed by atoms with Crippen molar-refractivity contribution in [2.45, 2.75) is 88.4 Å². The Balaban J connectivity index is 0.000000174. The van der Waals surface area contributed by atoms with Gasteiger partial charge >= 0.3 is 0 Å². The number of halogens is 2. The molecule has 0 bridgehead atoms. The molecule has 0 aliphatic carbocycles. The second-order valence-electron chi connectivity index (χ2n) is 29.8. The predicted octanol–water partition coefficient (Wildman–Crippen LogP) is 10.5. The summed E-state index contributed by atoms with van der Waals surface area (Å²) in [5.74, 6) is -6.26. The van der Waals surface area contributed by atoms with Crippen molar-refractivity contribution in [2.24, 2.45) is 5.73 Å². The van der Waals surface area contributed by atoms with Gasteiger partial charge in [-0.2, -0.15) is 0 Å². The summed E-state index contributed by atoms with van der Waals surface area (Å²) in [6.07, 6.45) is 8.90. The van der Waals surface area contributed by atoms with Crippen molar-refractivity contribution >= 4 is 121 Å². The van der Waals surface area contributed by atoms with Crippen LogP contribution in [0, 0.1) is 5.82 Å². The molecule has 4 saturated heterocycles. The van der Waals surface area contributed by atoms with Crippen molar-refractivity contribution in [3.63, 3.8) is 0 Å². The molecule has 8 aromatic carbocycles. The van der Waals surface area contributed by atoms with Crippen LogP contribution >= 0.6 is 0 Å². The number of alkyl halides is 1. The van der Waals surface area contributed by atoms with Gasteiger partial charge in [-0.3, -0.25) is 92.3 Å². The SMILES string of the molecule is CNC(=O)c1cnc2ccc(-c3ccc(C(=O)NCCCN4CCC(N)CC4)cc3)cc2c1Nc1ccccc1.CNC(=O)c1cnc2ccc(-c3ccc(C(=O)NCCCN4CCC(Nc5cccc6c5C(=O)N(C5CCC(=O)NC5=O)C6=O)CC4)cc3)cc2c1Nc1ccccc1.O=C1CCC(N2C(=O)c3cccc(F)c3C2=O)C(=O)N1.[2H]CF. The summed E-state index contributed by atoms with van der Waals surface area (Å²) < 4.78 is 29.2. The minimum Gasteiger partial charge on any atom is -0.382 e. The van der Waals surface area contributed by atoms with Gasteiger partial charge in [-0.1, -0.05) is 84.9 Å². The Bertz CT molecular complexity index is 5640. The molecule has 11 N–H and O–H groups in total. The van der Waals surface area contributed by atoms with E-state index in [9.17, 15) is 66.3 Å². The van der Waals surface area contributed by atoms with Gasteiger partial charge < -0.3 is 52.8 Å². The molecule has 2 unspecified atom stereocenters. The number of para-hydroxylation sites is 2. The highest BCUT2D eigenvalue weighted by molar-refractivity contribution is 6.26. The molecule has 30 heteroatoms. The van der Waals surface area contributed by atoms with Gasteiger partial charge in [0.1, 0.15) is 17.9 Å². The van der Waals surface area contributed by atoms with Crippen LogP contribution in [0.15, 0.2) is 194 Å². The average molecular weight is 1640 g/mol. The van der Waals surface area contributed by atoms with Crippen LogP contribution in [0.3, 0.4) is 0 Å². The molecule has 622 valence electrons. The summed E-state index contributed by atoms with van der Waals surface area (Å²) >= 11 is 0. The number of benzene rings is 8. The maximum atomic E-state index is 13.7. The Labute approximate surface area is 697 Å². The first-order valence-electron chi connectivity index (χ1n) is 40.7. The first kappa shape index (κ1) is 83.6. The minimum absolute atomic E-state index is 0.0340. The topological polar surface area (TPSA) is 378 Å².